The first-order valence-corrected chi connectivity index (χ1v) is 36.2. The Morgan fingerprint density at radius 1 is 0.412 bits per heavy atom. The highest BCUT2D eigenvalue weighted by Gasteiger charge is 2.28. The molecule has 3 N–H and O–H groups in total. The number of hydrogen-bond acceptors (Lipinski definition) is 5. The van der Waals surface area contributed by atoms with Crippen molar-refractivity contribution in [3.63, 3.8) is 0 Å². The van der Waals surface area contributed by atoms with Crippen LogP contribution in [0.1, 0.15) is 277 Å². The summed E-state index contributed by atoms with van der Waals surface area (Å²) in [5, 5.41) is 14.0. The number of aliphatic hydroxyl groups is 1. The quantitative estimate of drug-likeness (QED) is 0.0243. The zero-order valence-corrected chi connectivity index (χ0v) is 56.4. The molecule has 0 aliphatic heterocycles. The molecule has 0 radical (unpaired) electrons. The number of phosphoric acid groups is 1. The lowest BCUT2D eigenvalue weighted by Crippen LogP contribution is -2.45. The number of hydrogen-bond donors (Lipinski definition) is 3. The Balaban J connectivity index is 4.22. The van der Waals surface area contributed by atoms with Gasteiger partial charge in [-0.2, -0.15) is 0 Å². The van der Waals surface area contributed by atoms with Crippen LogP contribution in [0.3, 0.4) is 0 Å². The molecular weight excluding hydrogens is 1070 g/mol. The topological polar surface area (TPSA) is 105 Å². The van der Waals surface area contributed by atoms with Gasteiger partial charge in [0.2, 0.25) is 5.91 Å². The number of aliphatic hydroxyl groups excluding tert-OH is 1. The molecule has 0 rings (SSSR count). The number of rotatable bonds is 62. The Bertz CT molecular complexity index is 1900. The van der Waals surface area contributed by atoms with E-state index in [0.29, 0.717) is 17.4 Å². The second kappa shape index (κ2) is 64.8. The number of likely N-dealkylation sites (N-methyl/N-ethyl adjacent to an activating group) is 1. The number of carbonyl (C=O) groups is 1. The highest BCUT2D eigenvalue weighted by atomic mass is 31.2. The molecule has 0 aliphatic carbocycles. The van der Waals surface area contributed by atoms with Crippen LogP contribution < -0.4 is 5.32 Å². The fraction of sp³-hybridized carbons (Fsp3) is 0.671. The van der Waals surface area contributed by atoms with Crippen LogP contribution in [0.2, 0.25) is 0 Å². The SMILES string of the molecule is CC/C=C\C/C=C\C/C=C\C/C=C\C/C=C\C/C=C\C/C=C\C/C=C\C/C=C\C/C=C\CCCCCCCCC(=O)NC(COP(=O)(O)OCC[N+](C)(C)C)C(O)/C=C/CC/C=C/CCCCCCCCCCCCCCCCCCCCCC. The van der Waals surface area contributed by atoms with Crippen LogP contribution in [0, 0.1) is 0 Å². The van der Waals surface area contributed by atoms with Crippen LogP contribution in [-0.2, 0) is 18.4 Å². The maximum Gasteiger partial charge on any atom is 0.472 e. The van der Waals surface area contributed by atoms with E-state index in [1.807, 2.05) is 27.2 Å². The van der Waals surface area contributed by atoms with E-state index < -0.39 is 20.0 Å². The van der Waals surface area contributed by atoms with Crippen molar-refractivity contribution in [1.82, 2.24) is 5.32 Å². The molecule has 9 heteroatoms. The van der Waals surface area contributed by atoms with Gasteiger partial charge in [-0.15, -0.1) is 0 Å². The fourth-order valence-corrected chi connectivity index (χ4v) is 10.2. The zero-order chi connectivity index (χ0) is 61.9. The van der Waals surface area contributed by atoms with Crippen molar-refractivity contribution in [3.05, 3.63) is 146 Å². The molecular formula is C76H132N2O6P+. The second-order valence-corrected chi connectivity index (χ2v) is 25.6. The Morgan fingerprint density at radius 2 is 0.718 bits per heavy atom. The van der Waals surface area contributed by atoms with E-state index >= 15 is 0 Å². The van der Waals surface area contributed by atoms with Gasteiger partial charge in [-0.25, -0.2) is 4.57 Å². The Kier molecular flexibility index (Phi) is 62.1. The molecule has 0 aromatic carbocycles. The van der Waals surface area contributed by atoms with Crippen molar-refractivity contribution in [3.8, 4) is 0 Å². The van der Waals surface area contributed by atoms with Crippen LogP contribution >= 0.6 is 7.82 Å². The van der Waals surface area contributed by atoms with Crippen molar-refractivity contribution < 1.29 is 32.9 Å². The second-order valence-electron chi connectivity index (χ2n) is 24.2. The highest BCUT2D eigenvalue weighted by molar-refractivity contribution is 7.47. The van der Waals surface area contributed by atoms with Crippen molar-refractivity contribution in [1.29, 1.82) is 0 Å². The lowest BCUT2D eigenvalue weighted by Gasteiger charge is -2.25. The molecule has 0 saturated heterocycles. The predicted molar refractivity (Wildman–Crippen MR) is 373 cm³/mol. The minimum absolute atomic E-state index is 0.0456. The lowest BCUT2D eigenvalue weighted by atomic mass is 10.0. The molecule has 0 fully saturated rings. The van der Waals surface area contributed by atoms with Crippen LogP contribution in [0.15, 0.2) is 146 Å². The predicted octanol–water partition coefficient (Wildman–Crippen LogP) is 22.4. The van der Waals surface area contributed by atoms with Gasteiger partial charge in [-0.05, 0) is 109 Å². The normalized spacial score (nSPS) is 14.6. The Labute approximate surface area is 525 Å². The maximum atomic E-state index is 13.0. The standard InChI is InChI=1S/C76H131N2O6P/c1-6-8-10-12-14-16-18-20-22-24-26-28-30-32-34-35-36-37-38-39-40-41-42-43-44-46-48-50-52-54-56-58-60-62-64-66-68-70-76(80)77-74(73-84-85(81,82)83-72-71-78(3,4)5)75(79)69-67-65-63-61-59-57-55-53-51-49-47-45-33-31-29-27-25-23-21-19-17-15-13-11-9-7-2/h8,10,14,16,20,22,26,28,32,34,36-37,39-40,42-43,46,48,52,54,59,61,67,69,74-75,79H,6-7,9,11-13,15,17-19,21,23-25,27,29-31,33,35,38,41,44-45,47,49-51,53,55-58,60,62-66,68,70-73H2,1-5H3,(H-,77,80,81,82)/p+1/b10-8-,16-14-,22-20-,28-26-,34-32-,37-36-,40-39-,43-42-,48-46-,54-52-,61-59+,69-67+. The third-order valence-corrected chi connectivity index (χ3v) is 15.8. The van der Waals surface area contributed by atoms with E-state index in [0.717, 1.165) is 122 Å². The third kappa shape index (κ3) is 67.7. The van der Waals surface area contributed by atoms with Gasteiger partial charge in [0.1, 0.15) is 13.2 Å². The number of phosphoric ester groups is 1. The minimum Gasteiger partial charge on any atom is -0.387 e. The van der Waals surface area contributed by atoms with Crippen LogP contribution in [0.25, 0.3) is 0 Å². The van der Waals surface area contributed by atoms with Gasteiger partial charge in [0, 0.05) is 6.42 Å². The summed E-state index contributed by atoms with van der Waals surface area (Å²) in [5.41, 5.74) is 0. The number of allylic oxidation sites excluding steroid dienone is 23. The molecule has 0 aromatic heterocycles. The fourth-order valence-electron chi connectivity index (χ4n) is 9.44. The number of quaternary nitrogens is 1. The molecule has 486 valence electrons. The van der Waals surface area contributed by atoms with Gasteiger partial charge >= 0.3 is 7.82 Å². The van der Waals surface area contributed by atoms with E-state index in [4.69, 9.17) is 9.05 Å². The highest BCUT2D eigenvalue weighted by Crippen LogP contribution is 2.43. The average Bonchev–Trinajstić information content (AvgIpc) is 3.49. The molecule has 0 saturated carbocycles. The van der Waals surface area contributed by atoms with Gasteiger partial charge in [0.15, 0.2) is 0 Å². The summed E-state index contributed by atoms with van der Waals surface area (Å²) < 4.78 is 23.8. The van der Waals surface area contributed by atoms with Crippen molar-refractivity contribution >= 4 is 13.7 Å². The summed E-state index contributed by atoms with van der Waals surface area (Å²) in [7, 11) is 1.53. The van der Waals surface area contributed by atoms with Crippen LogP contribution in [-0.4, -0.2) is 73.4 Å². The van der Waals surface area contributed by atoms with Gasteiger partial charge < -0.3 is 19.8 Å². The molecule has 3 atom stereocenters. The number of nitrogens with one attached hydrogen (secondary N) is 1. The van der Waals surface area contributed by atoms with E-state index in [9.17, 15) is 19.4 Å². The monoisotopic (exact) mass is 1200 g/mol. The lowest BCUT2D eigenvalue weighted by molar-refractivity contribution is -0.870. The molecule has 0 spiro atoms. The van der Waals surface area contributed by atoms with Gasteiger partial charge in [-0.1, -0.05) is 307 Å². The van der Waals surface area contributed by atoms with Crippen LogP contribution in [0.5, 0.6) is 0 Å². The molecule has 0 aliphatic rings. The van der Waals surface area contributed by atoms with Crippen molar-refractivity contribution in [2.45, 2.75) is 289 Å². The average molecular weight is 1200 g/mol. The largest absolute Gasteiger partial charge is 0.472 e. The maximum absolute atomic E-state index is 13.0. The van der Waals surface area contributed by atoms with E-state index in [2.05, 4.69) is 153 Å². The van der Waals surface area contributed by atoms with E-state index in [-0.39, 0.29) is 19.1 Å². The summed E-state index contributed by atoms with van der Waals surface area (Å²) in [4.78, 5) is 23.4. The van der Waals surface area contributed by atoms with Crippen molar-refractivity contribution in [2.24, 2.45) is 0 Å². The molecule has 1 amide bonds. The molecule has 3 unspecified atom stereocenters. The van der Waals surface area contributed by atoms with Gasteiger partial charge in [-0.3, -0.25) is 13.8 Å². The Hall–Kier alpha value is -3.62. The summed E-state index contributed by atoms with van der Waals surface area (Å²) in [6.07, 6.45) is 99.9. The van der Waals surface area contributed by atoms with E-state index in [1.54, 1.807) is 6.08 Å². The summed E-state index contributed by atoms with van der Waals surface area (Å²) in [6.45, 7) is 4.68. The van der Waals surface area contributed by atoms with Gasteiger partial charge in [0.25, 0.3) is 0 Å². The minimum atomic E-state index is -4.38. The first kappa shape index (κ1) is 81.4. The Morgan fingerprint density at radius 3 is 1.08 bits per heavy atom. The molecule has 0 aromatic rings. The van der Waals surface area contributed by atoms with Crippen LogP contribution in [0.4, 0.5) is 0 Å². The van der Waals surface area contributed by atoms with Gasteiger partial charge in [0.05, 0.1) is 39.9 Å². The summed E-state index contributed by atoms with van der Waals surface area (Å²) in [5.74, 6) is -0.205. The zero-order valence-electron chi connectivity index (χ0n) is 55.5. The molecule has 0 heterocycles. The molecule has 85 heavy (non-hydrogen) atoms. The third-order valence-electron chi connectivity index (χ3n) is 14.8. The molecule has 0 bridgehead atoms. The number of unbranched alkanes of at least 4 members (excludes halogenated alkanes) is 27. The molecule has 8 nitrogen and oxygen atoms in total. The van der Waals surface area contributed by atoms with Crippen molar-refractivity contribution in [2.75, 3.05) is 40.9 Å². The summed E-state index contributed by atoms with van der Waals surface area (Å²) in [6, 6.07) is -0.884. The van der Waals surface area contributed by atoms with E-state index in [1.165, 1.54) is 135 Å². The number of carbonyl (C=O) groups excluding carboxylic acids is 1. The number of amides is 1. The smallest absolute Gasteiger partial charge is 0.387 e. The first-order chi connectivity index (χ1) is 41.5. The first-order valence-electron chi connectivity index (χ1n) is 34.7. The summed E-state index contributed by atoms with van der Waals surface area (Å²) >= 11 is 0. The number of nitrogens with zero attached hydrogens (tertiary/aromatic N) is 1.